The summed E-state index contributed by atoms with van der Waals surface area (Å²) in [5, 5.41) is 2.86. The van der Waals surface area contributed by atoms with Gasteiger partial charge in [0.05, 0.1) is 44.4 Å². The summed E-state index contributed by atoms with van der Waals surface area (Å²) in [6.45, 7) is 1.10. The molecule has 0 bridgehead atoms. The zero-order valence-corrected chi connectivity index (χ0v) is 18.8. The van der Waals surface area contributed by atoms with Gasteiger partial charge in [0.1, 0.15) is 0 Å². The highest BCUT2D eigenvalue weighted by atomic mass is 32.2. The van der Waals surface area contributed by atoms with Gasteiger partial charge < -0.3 is 19.5 Å². The lowest BCUT2D eigenvalue weighted by molar-refractivity contribution is 0.0858. The van der Waals surface area contributed by atoms with Crippen LogP contribution in [0.25, 0.3) is 0 Å². The second-order valence-electron chi connectivity index (χ2n) is 7.32. The highest BCUT2D eigenvalue weighted by Gasteiger charge is 2.27. The largest absolute Gasteiger partial charge is 0.493 e. The first-order valence-corrected chi connectivity index (χ1v) is 11.9. The summed E-state index contributed by atoms with van der Waals surface area (Å²) >= 11 is 0. The average Bonchev–Trinajstić information content (AvgIpc) is 3.28. The van der Waals surface area contributed by atoms with Crippen LogP contribution in [0.4, 0.5) is 5.69 Å². The molecule has 9 heteroatoms. The van der Waals surface area contributed by atoms with E-state index >= 15 is 0 Å². The van der Waals surface area contributed by atoms with Gasteiger partial charge in [-0.25, -0.2) is 8.42 Å². The SMILES string of the molecule is COc1cc(C(=O)NC[C@H]2CCCO2)c(N(Cc2ccccc2)S(C)(=O)=O)cc1OC. The summed E-state index contributed by atoms with van der Waals surface area (Å²) in [4.78, 5) is 13.1. The second-order valence-corrected chi connectivity index (χ2v) is 9.23. The molecule has 2 aromatic rings. The molecule has 0 saturated carbocycles. The van der Waals surface area contributed by atoms with Crippen molar-refractivity contribution in [3.8, 4) is 11.5 Å². The molecule has 1 saturated heterocycles. The Labute approximate surface area is 183 Å². The number of amides is 1. The van der Waals surface area contributed by atoms with Crippen LogP contribution < -0.4 is 19.1 Å². The van der Waals surface area contributed by atoms with Gasteiger partial charge in [-0.3, -0.25) is 9.10 Å². The molecule has 1 amide bonds. The Morgan fingerprint density at radius 1 is 1.16 bits per heavy atom. The Bertz CT molecular complexity index is 1000. The second kappa shape index (κ2) is 10.0. The zero-order chi connectivity index (χ0) is 22.4. The minimum Gasteiger partial charge on any atom is -0.493 e. The first kappa shape index (κ1) is 22.9. The fourth-order valence-electron chi connectivity index (χ4n) is 3.49. The Hall–Kier alpha value is -2.78. The first-order valence-electron chi connectivity index (χ1n) is 10.0. The Kier molecular flexibility index (Phi) is 7.40. The smallest absolute Gasteiger partial charge is 0.253 e. The lowest BCUT2D eigenvalue weighted by Gasteiger charge is -2.26. The van der Waals surface area contributed by atoms with Crippen molar-refractivity contribution in [3.63, 3.8) is 0 Å². The van der Waals surface area contributed by atoms with Gasteiger partial charge in [0.2, 0.25) is 10.0 Å². The highest BCUT2D eigenvalue weighted by Crippen LogP contribution is 2.37. The van der Waals surface area contributed by atoms with Crippen LogP contribution in [-0.2, 0) is 21.3 Å². The van der Waals surface area contributed by atoms with E-state index in [2.05, 4.69) is 5.32 Å². The fraction of sp³-hybridized carbons (Fsp3) is 0.409. The molecular formula is C22H28N2O6S. The molecule has 1 heterocycles. The third kappa shape index (κ3) is 5.68. The van der Waals surface area contributed by atoms with E-state index in [0.717, 1.165) is 24.7 Å². The molecule has 1 aliphatic rings. The lowest BCUT2D eigenvalue weighted by Crippen LogP contribution is -2.35. The number of nitrogens with zero attached hydrogens (tertiary/aromatic N) is 1. The number of anilines is 1. The van der Waals surface area contributed by atoms with E-state index in [-0.39, 0.29) is 23.9 Å². The first-order chi connectivity index (χ1) is 14.8. The van der Waals surface area contributed by atoms with Gasteiger partial charge in [-0.1, -0.05) is 30.3 Å². The normalized spacial score (nSPS) is 16.0. The third-order valence-corrected chi connectivity index (χ3v) is 6.23. The summed E-state index contributed by atoms with van der Waals surface area (Å²) < 4.78 is 42.9. The summed E-state index contributed by atoms with van der Waals surface area (Å²) in [5.74, 6) is 0.254. The third-order valence-electron chi connectivity index (χ3n) is 5.10. The summed E-state index contributed by atoms with van der Waals surface area (Å²) in [6.07, 6.45) is 2.91. The topological polar surface area (TPSA) is 94.2 Å². The number of benzene rings is 2. The molecule has 1 fully saturated rings. The number of hydrogen-bond donors (Lipinski definition) is 1. The van der Waals surface area contributed by atoms with E-state index in [1.807, 2.05) is 30.3 Å². The van der Waals surface area contributed by atoms with Crippen LogP contribution >= 0.6 is 0 Å². The van der Waals surface area contributed by atoms with Crippen molar-refractivity contribution in [2.24, 2.45) is 0 Å². The lowest BCUT2D eigenvalue weighted by atomic mass is 10.1. The maximum Gasteiger partial charge on any atom is 0.253 e. The molecule has 0 aliphatic carbocycles. The molecule has 8 nitrogen and oxygen atoms in total. The number of nitrogens with one attached hydrogen (secondary N) is 1. The van der Waals surface area contributed by atoms with Crippen LogP contribution in [0.5, 0.6) is 11.5 Å². The number of sulfonamides is 1. The summed E-state index contributed by atoms with van der Waals surface area (Å²) in [6, 6.07) is 12.2. The van der Waals surface area contributed by atoms with E-state index in [9.17, 15) is 13.2 Å². The molecule has 2 aromatic carbocycles. The maximum atomic E-state index is 13.1. The predicted molar refractivity (Wildman–Crippen MR) is 118 cm³/mol. The van der Waals surface area contributed by atoms with Crippen LogP contribution in [0.15, 0.2) is 42.5 Å². The molecule has 3 rings (SSSR count). The van der Waals surface area contributed by atoms with Crippen LogP contribution in [0.3, 0.4) is 0 Å². The minimum absolute atomic E-state index is 0.0390. The van der Waals surface area contributed by atoms with E-state index in [4.69, 9.17) is 14.2 Å². The van der Waals surface area contributed by atoms with Gasteiger partial charge in [-0.15, -0.1) is 0 Å². The number of methoxy groups -OCH3 is 2. The van der Waals surface area contributed by atoms with Crippen LogP contribution in [0.1, 0.15) is 28.8 Å². The summed E-state index contributed by atoms with van der Waals surface area (Å²) in [7, 11) is -0.794. The van der Waals surface area contributed by atoms with Gasteiger partial charge in [0.15, 0.2) is 11.5 Å². The standard InChI is InChI=1S/C22H28N2O6S/c1-28-20-12-18(22(25)23-14-17-10-7-11-30-17)19(13-21(20)29-2)24(31(3,26)27)15-16-8-5-4-6-9-16/h4-6,8-9,12-13,17H,7,10-11,14-15H2,1-3H3,(H,23,25)/t17-/m1/s1. The monoisotopic (exact) mass is 448 g/mol. The van der Waals surface area contributed by atoms with Gasteiger partial charge >= 0.3 is 0 Å². The Morgan fingerprint density at radius 2 is 1.84 bits per heavy atom. The number of carbonyl (C=O) groups excluding carboxylic acids is 1. The van der Waals surface area contributed by atoms with E-state index in [1.165, 1.54) is 30.7 Å². The molecule has 1 aliphatic heterocycles. The van der Waals surface area contributed by atoms with Crippen molar-refractivity contribution in [1.82, 2.24) is 5.32 Å². The quantitative estimate of drug-likeness (QED) is 0.634. The van der Waals surface area contributed by atoms with Crippen molar-refractivity contribution in [2.75, 3.05) is 37.9 Å². The molecular weight excluding hydrogens is 420 g/mol. The molecule has 1 atom stereocenters. The molecule has 31 heavy (non-hydrogen) atoms. The van der Waals surface area contributed by atoms with Crippen molar-refractivity contribution < 1.29 is 27.4 Å². The van der Waals surface area contributed by atoms with Crippen molar-refractivity contribution in [1.29, 1.82) is 0 Å². The Morgan fingerprint density at radius 3 is 2.42 bits per heavy atom. The number of hydrogen-bond acceptors (Lipinski definition) is 6. The van der Waals surface area contributed by atoms with Crippen LogP contribution in [-0.4, -0.2) is 54.1 Å². The molecule has 0 aromatic heterocycles. The zero-order valence-electron chi connectivity index (χ0n) is 18.0. The predicted octanol–water partition coefficient (Wildman–Crippen LogP) is 2.58. The molecule has 0 radical (unpaired) electrons. The number of rotatable bonds is 9. The van der Waals surface area contributed by atoms with Crippen molar-refractivity contribution in [2.45, 2.75) is 25.5 Å². The average molecular weight is 449 g/mol. The van der Waals surface area contributed by atoms with E-state index in [1.54, 1.807) is 0 Å². The number of carbonyl (C=O) groups is 1. The molecule has 0 unspecified atom stereocenters. The highest BCUT2D eigenvalue weighted by molar-refractivity contribution is 7.92. The van der Waals surface area contributed by atoms with Crippen LogP contribution in [0, 0.1) is 0 Å². The minimum atomic E-state index is -3.72. The molecule has 1 N–H and O–H groups in total. The summed E-state index contributed by atoms with van der Waals surface area (Å²) in [5.41, 5.74) is 1.18. The molecule has 168 valence electrons. The fourth-order valence-corrected chi connectivity index (χ4v) is 4.39. The van der Waals surface area contributed by atoms with E-state index in [0.29, 0.717) is 24.7 Å². The van der Waals surface area contributed by atoms with Crippen molar-refractivity contribution in [3.05, 3.63) is 53.6 Å². The van der Waals surface area contributed by atoms with Crippen molar-refractivity contribution >= 4 is 21.6 Å². The van der Waals surface area contributed by atoms with Crippen LogP contribution in [0.2, 0.25) is 0 Å². The van der Waals surface area contributed by atoms with Gasteiger partial charge in [-0.2, -0.15) is 0 Å². The maximum absolute atomic E-state index is 13.1. The van der Waals surface area contributed by atoms with Gasteiger partial charge in [0.25, 0.3) is 5.91 Å². The molecule has 0 spiro atoms. The van der Waals surface area contributed by atoms with E-state index < -0.39 is 15.9 Å². The number of ether oxygens (including phenoxy) is 3. The Balaban J connectivity index is 2.02. The van der Waals surface area contributed by atoms with Gasteiger partial charge in [0, 0.05) is 19.2 Å². The van der Waals surface area contributed by atoms with Gasteiger partial charge in [-0.05, 0) is 24.5 Å².